The van der Waals surface area contributed by atoms with Crippen LogP contribution in [0.3, 0.4) is 0 Å². The molecule has 0 aromatic heterocycles. The summed E-state index contributed by atoms with van der Waals surface area (Å²) in [5, 5.41) is 5.57. The standard InChI is InChI=1S/2C23H27.C2H6Si.2ClH.Zr/c2*1-3-5-6-7-9-19-16-21-10-8-11-22(23(21)17-19)20-14-12-18(4-2)13-15-20;1-3-2;;;/h2*8,10-17H,3-7,9H2,1-2H3;1-2H3;2*1H;/q2*-1;;;;+4/p-2. The Balaban J connectivity index is 0.000000244. The molecule has 0 amide bonds. The van der Waals surface area contributed by atoms with E-state index in [-0.39, 0.29) is 0 Å². The molecule has 6 rings (SSSR count). The summed E-state index contributed by atoms with van der Waals surface area (Å²) in [6, 6.07) is 41.0. The summed E-state index contributed by atoms with van der Waals surface area (Å²) in [6.07, 6.45) is 15.3. The molecule has 0 aliphatic rings. The topological polar surface area (TPSA) is 0 Å². The first-order valence-electron chi connectivity index (χ1n) is 19.6. The molecule has 0 atom stereocenters. The molecule has 0 heterocycles. The van der Waals surface area contributed by atoms with Gasteiger partial charge in [0.1, 0.15) is 0 Å². The molecular weight excluding hydrogens is 767 g/mol. The van der Waals surface area contributed by atoms with Gasteiger partial charge in [-0.1, -0.05) is 164 Å². The summed E-state index contributed by atoms with van der Waals surface area (Å²) in [7, 11) is 11.0. The van der Waals surface area contributed by atoms with Crippen molar-refractivity contribution in [3.63, 3.8) is 0 Å². The molecule has 0 unspecified atom stereocenters. The molecule has 6 aromatic rings. The van der Waals surface area contributed by atoms with Crippen molar-refractivity contribution in [2.24, 2.45) is 0 Å². The molecule has 0 fully saturated rings. The van der Waals surface area contributed by atoms with Crippen molar-refractivity contribution in [2.45, 2.75) is 118 Å². The summed E-state index contributed by atoms with van der Waals surface area (Å²) in [5.74, 6) is 0. The second-order valence-corrected chi connectivity index (χ2v) is 18.4. The Labute approximate surface area is 338 Å². The molecule has 0 saturated carbocycles. The number of aryl methyl sites for hydroxylation is 4. The quantitative estimate of drug-likeness (QED) is 0.0583. The second-order valence-electron chi connectivity index (χ2n) is 13.6. The molecule has 2 radical (unpaired) electrons. The van der Waals surface area contributed by atoms with Crippen LogP contribution in [0.25, 0.3) is 43.8 Å². The van der Waals surface area contributed by atoms with Gasteiger partial charge in [0, 0.05) is 9.52 Å². The van der Waals surface area contributed by atoms with Gasteiger partial charge in [-0.3, -0.25) is 0 Å². The zero-order valence-corrected chi connectivity index (χ0v) is 37.6. The summed E-state index contributed by atoms with van der Waals surface area (Å²) in [5.41, 5.74) is 11.2. The van der Waals surface area contributed by atoms with Gasteiger partial charge < -0.3 is 0 Å². The van der Waals surface area contributed by atoms with Gasteiger partial charge in [-0.2, -0.15) is 12.1 Å². The van der Waals surface area contributed by atoms with E-state index in [1.54, 1.807) is 0 Å². The molecule has 274 valence electrons. The minimum absolute atomic E-state index is 0.826. The fourth-order valence-electron chi connectivity index (χ4n) is 6.74. The van der Waals surface area contributed by atoms with Crippen LogP contribution in [0, 0.1) is 0 Å². The fraction of sp³-hybridized carbons (Fsp3) is 0.375. The average molecular weight is 827 g/mol. The predicted molar refractivity (Wildman–Crippen MR) is 234 cm³/mol. The van der Waals surface area contributed by atoms with Crippen molar-refractivity contribution in [3.8, 4) is 22.3 Å². The van der Waals surface area contributed by atoms with Crippen molar-refractivity contribution in [3.05, 3.63) is 131 Å². The third kappa shape index (κ3) is 14.2. The normalized spacial score (nSPS) is 10.5. The second kappa shape index (κ2) is 25.7. The zero-order valence-electron chi connectivity index (χ0n) is 32.6. The van der Waals surface area contributed by atoms with Gasteiger partial charge in [0.25, 0.3) is 0 Å². The summed E-state index contributed by atoms with van der Waals surface area (Å²) >= 11 is -0.826. The Morgan fingerprint density at radius 1 is 0.519 bits per heavy atom. The van der Waals surface area contributed by atoms with Gasteiger partial charge in [0.05, 0.1) is 0 Å². The molecular formula is C48H60Cl2SiZr. The van der Waals surface area contributed by atoms with E-state index in [9.17, 15) is 0 Å². The third-order valence-corrected chi connectivity index (χ3v) is 9.61. The molecule has 0 saturated heterocycles. The first-order valence-corrected chi connectivity index (χ1v) is 27.9. The van der Waals surface area contributed by atoms with E-state index in [4.69, 9.17) is 17.0 Å². The maximum atomic E-state index is 4.93. The van der Waals surface area contributed by atoms with Gasteiger partial charge >= 0.3 is 37.9 Å². The number of benzene rings is 4. The van der Waals surface area contributed by atoms with Crippen molar-refractivity contribution < 1.29 is 20.8 Å². The van der Waals surface area contributed by atoms with E-state index in [0.29, 0.717) is 0 Å². The third-order valence-electron chi connectivity index (χ3n) is 9.61. The molecule has 52 heavy (non-hydrogen) atoms. The predicted octanol–water partition coefficient (Wildman–Crippen LogP) is 16.0. The zero-order chi connectivity index (χ0) is 37.6. The Bertz CT molecular complexity index is 1680. The summed E-state index contributed by atoms with van der Waals surface area (Å²) in [6.45, 7) is 13.3. The van der Waals surface area contributed by atoms with Crippen LogP contribution in [0.15, 0.2) is 109 Å². The van der Waals surface area contributed by atoms with Crippen LogP contribution in [0.2, 0.25) is 13.1 Å². The van der Waals surface area contributed by atoms with Crippen molar-refractivity contribution >= 4 is 48.1 Å². The number of rotatable bonds is 14. The van der Waals surface area contributed by atoms with Crippen LogP contribution < -0.4 is 0 Å². The van der Waals surface area contributed by atoms with Crippen molar-refractivity contribution in [2.75, 3.05) is 0 Å². The summed E-state index contributed by atoms with van der Waals surface area (Å²) < 4.78 is 0. The van der Waals surface area contributed by atoms with Gasteiger partial charge in [0.2, 0.25) is 0 Å². The first-order chi connectivity index (χ1) is 25.5. The number of hydrogen-bond donors (Lipinski definition) is 0. The van der Waals surface area contributed by atoms with Gasteiger partial charge in [-0.25, -0.2) is 0 Å². The van der Waals surface area contributed by atoms with Gasteiger partial charge in [0.15, 0.2) is 0 Å². The van der Waals surface area contributed by atoms with E-state index >= 15 is 0 Å². The first kappa shape index (κ1) is 44.2. The SMILES string of the molecule is CCCCCCc1cc2c(-c3ccc(CC)cc3)cccc2[cH-]1.CCCCCCc1cc2c(-c3ccc(CC)cc3)cccc2[cH-]1.C[Si]C.[Cl][Zr+2][Cl]. The van der Waals surface area contributed by atoms with Crippen LogP contribution in [-0.4, -0.2) is 9.52 Å². The van der Waals surface area contributed by atoms with Gasteiger partial charge in [-0.15, -0.1) is 69.1 Å². The molecule has 0 N–H and O–H groups in total. The number of halogens is 2. The van der Waals surface area contributed by atoms with E-state index in [0.717, 1.165) is 22.4 Å². The van der Waals surface area contributed by atoms with Crippen LogP contribution in [0.4, 0.5) is 0 Å². The number of fused-ring (bicyclic) bond motifs is 2. The monoisotopic (exact) mass is 824 g/mol. The summed E-state index contributed by atoms with van der Waals surface area (Å²) in [4.78, 5) is 0. The number of hydrogen-bond acceptors (Lipinski definition) is 0. The Kier molecular flexibility index (Phi) is 21.9. The van der Waals surface area contributed by atoms with Crippen LogP contribution in [0.1, 0.15) is 101 Å². The molecule has 0 aliphatic carbocycles. The molecule has 6 aromatic carbocycles. The van der Waals surface area contributed by atoms with Crippen LogP contribution in [-0.2, 0) is 46.5 Å². The Morgan fingerprint density at radius 3 is 1.21 bits per heavy atom. The fourth-order valence-corrected chi connectivity index (χ4v) is 6.74. The van der Waals surface area contributed by atoms with Crippen LogP contribution in [0.5, 0.6) is 0 Å². The average Bonchev–Trinajstić information content (AvgIpc) is 3.80. The Hall–Kier alpha value is -2.22. The molecule has 0 nitrogen and oxygen atoms in total. The van der Waals surface area contributed by atoms with Crippen molar-refractivity contribution in [1.82, 2.24) is 0 Å². The van der Waals surface area contributed by atoms with Crippen LogP contribution >= 0.6 is 17.0 Å². The minimum atomic E-state index is -0.826. The van der Waals surface area contributed by atoms with E-state index in [2.05, 4.69) is 150 Å². The molecule has 0 aliphatic heterocycles. The van der Waals surface area contributed by atoms with E-state index < -0.39 is 20.8 Å². The Morgan fingerprint density at radius 2 is 0.885 bits per heavy atom. The van der Waals surface area contributed by atoms with Gasteiger partial charge in [-0.05, 0) is 47.9 Å². The molecule has 0 spiro atoms. The molecule has 0 bridgehead atoms. The van der Waals surface area contributed by atoms with E-state index in [1.165, 1.54) is 130 Å². The van der Waals surface area contributed by atoms with E-state index in [1.807, 2.05) is 0 Å². The molecule has 4 heteroatoms. The number of unbranched alkanes of at least 4 members (excludes halogenated alkanes) is 6. The maximum absolute atomic E-state index is 4.93. The van der Waals surface area contributed by atoms with Crippen molar-refractivity contribution in [1.29, 1.82) is 0 Å².